The number of aliphatic hydroxyl groups is 1. The predicted octanol–water partition coefficient (Wildman–Crippen LogP) is 6.09. The molecular formula is C30H29N3O4S. The van der Waals surface area contributed by atoms with Gasteiger partial charge in [-0.15, -0.1) is 0 Å². The van der Waals surface area contributed by atoms with Crippen LogP contribution in [0.15, 0.2) is 72.3 Å². The van der Waals surface area contributed by atoms with Crippen molar-refractivity contribution in [2.45, 2.75) is 26.3 Å². The molecule has 0 aliphatic carbocycles. The summed E-state index contributed by atoms with van der Waals surface area (Å²) in [6.45, 7) is 4.61. The van der Waals surface area contributed by atoms with Gasteiger partial charge in [0.25, 0.3) is 5.78 Å². The van der Waals surface area contributed by atoms with Gasteiger partial charge in [-0.25, -0.2) is 4.98 Å². The predicted molar refractivity (Wildman–Crippen MR) is 152 cm³/mol. The van der Waals surface area contributed by atoms with Crippen LogP contribution < -0.4 is 14.5 Å². The number of fused-ring (bicyclic) bond motifs is 1. The van der Waals surface area contributed by atoms with Crippen LogP contribution in [0.1, 0.15) is 36.1 Å². The van der Waals surface area contributed by atoms with E-state index in [0.717, 1.165) is 27.9 Å². The summed E-state index contributed by atoms with van der Waals surface area (Å²) in [7, 11) is 3.89. The number of benzene rings is 3. The number of aryl methyl sites for hydroxylation is 1. The highest BCUT2D eigenvalue weighted by molar-refractivity contribution is 7.22. The number of nitrogens with zero attached hydrogens (tertiary/aromatic N) is 3. The number of carbonyl (C=O) groups excluding carboxylic acids is 2. The average Bonchev–Trinajstić information content (AvgIpc) is 3.44. The first-order valence-electron chi connectivity index (χ1n) is 12.5. The Bertz CT molecular complexity index is 1540. The minimum Gasteiger partial charge on any atom is -0.507 e. The van der Waals surface area contributed by atoms with Crippen LogP contribution in [-0.2, 0) is 9.59 Å². The minimum absolute atomic E-state index is 0.0327. The molecule has 1 aliphatic rings. The van der Waals surface area contributed by atoms with Crippen LogP contribution in [0.3, 0.4) is 0 Å². The quantitative estimate of drug-likeness (QED) is 0.178. The molecule has 4 aromatic rings. The number of hydrogen-bond acceptors (Lipinski definition) is 7. The first-order chi connectivity index (χ1) is 18.3. The number of ether oxygens (including phenoxy) is 1. The van der Waals surface area contributed by atoms with E-state index in [9.17, 15) is 14.7 Å². The van der Waals surface area contributed by atoms with Gasteiger partial charge in [0.15, 0.2) is 5.13 Å². The van der Waals surface area contributed by atoms with Crippen molar-refractivity contribution in [2.75, 3.05) is 30.5 Å². The second-order valence-electron chi connectivity index (χ2n) is 9.50. The maximum atomic E-state index is 13.5. The molecule has 1 aromatic heterocycles. The van der Waals surface area contributed by atoms with Crippen LogP contribution in [0.25, 0.3) is 16.0 Å². The van der Waals surface area contributed by atoms with Crippen molar-refractivity contribution in [3.05, 3.63) is 89.0 Å². The summed E-state index contributed by atoms with van der Waals surface area (Å²) in [5.74, 6) is -1.02. The largest absolute Gasteiger partial charge is 0.507 e. The van der Waals surface area contributed by atoms with E-state index in [4.69, 9.17) is 9.72 Å². The number of ketones is 1. The molecule has 0 radical (unpaired) electrons. The smallest absolute Gasteiger partial charge is 0.301 e. The molecule has 3 aromatic carbocycles. The van der Waals surface area contributed by atoms with Crippen molar-refractivity contribution in [3.63, 3.8) is 0 Å². The van der Waals surface area contributed by atoms with Gasteiger partial charge in [0.2, 0.25) is 0 Å². The average molecular weight is 528 g/mol. The number of Topliss-reactive ketones (excluding diaryl/α,β-unsaturated/α-hetero) is 1. The SMILES string of the molecule is CCCOc1ccc(C(O)=C2C(=O)C(=O)N(c3nc4ccc(C)cc4s3)C2c2ccc(N(C)C)cc2)cc1. The Kier molecular flexibility index (Phi) is 6.91. The molecule has 38 heavy (non-hydrogen) atoms. The normalized spacial score (nSPS) is 16.8. The third-order valence-corrected chi connectivity index (χ3v) is 7.53. The number of aliphatic hydroxyl groups excluding tert-OH is 1. The molecule has 1 saturated heterocycles. The van der Waals surface area contributed by atoms with E-state index in [1.165, 1.54) is 16.2 Å². The minimum atomic E-state index is -0.830. The molecule has 5 rings (SSSR count). The Labute approximate surface area is 225 Å². The molecule has 0 saturated carbocycles. The third-order valence-electron chi connectivity index (χ3n) is 6.51. The fraction of sp³-hybridized carbons (Fsp3) is 0.233. The fourth-order valence-corrected chi connectivity index (χ4v) is 5.60. The lowest BCUT2D eigenvalue weighted by molar-refractivity contribution is -0.132. The van der Waals surface area contributed by atoms with Crippen molar-refractivity contribution in [2.24, 2.45) is 0 Å². The molecule has 7 nitrogen and oxygen atoms in total. The van der Waals surface area contributed by atoms with E-state index >= 15 is 0 Å². The standard InChI is InChI=1S/C30H29N3O4S/c1-5-16-37-22-13-9-20(10-14-22)27(34)25-26(19-7-11-21(12-8-19)32(3)4)33(29(36)28(25)35)30-31-23-15-6-18(2)17-24(23)38-30/h6-15,17,26,34H,5,16H2,1-4H3. The molecule has 0 bridgehead atoms. The van der Waals surface area contributed by atoms with Crippen molar-refractivity contribution >= 4 is 49.8 Å². The summed E-state index contributed by atoms with van der Waals surface area (Å²) in [6.07, 6.45) is 0.878. The molecular weight excluding hydrogens is 498 g/mol. The van der Waals surface area contributed by atoms with Gasteiger partial charge in [-0.3, -0.25) is 14.5 Å². The summed E-state index contributed by atoms with van der Waals surface area (Å²) in [5, 5.41) is 11.8. The summed E-state index contributed by atoms with van der Waals surface area (Å²) in [6, 6.07) is 19.6. The zero-order valence-electron chi connectivity index (χ0n) is 21.8. The van der Waals surface area contributed by atoms with Crippen LogP contribution in [0.2, 0.25) is 0 Å². The van der Waals surface area contributed by atoms with Crippen molar-refractivity contribution < 1.29 is 19.4 Å². The Balaban J connectivity index is 1.65. The zero-order valence-corrected chi connectivity index (χ0v) is 22.6. The van der Waals surface area contributed by atoms with Crippen molar-refractivity contribution in [3.8, 4) is 5.75 Å². The molecule has 1 amide bonds. The number of anilines is 2. The van der Waals surface area contributed by atoms with E-state index in [1.807, 2.05) is 75.3 Å². The summed E-state index contributed by atoms with van der Waals surface area (Å²) < 4.78 is 6.57. The number of amides is 1. The lowest BCUT2D eigenvalue weighted by atomic mass is 9.95. The number of hydrogen-bond donors (Lipinski definition) is 1. The number of rotatable bonds is 7. The highest BCUT2D eigenvalue weighted by Gasteiger charge is 2.48. The third kappa shape index (κ3) is 4.63. The molecule has 1 atom stereocenters. The van der Waals surface area contributed by atoms with Gasteiger partial charge >= 0.3 is 5.91 Å². The van der Waals surface area contributed by atoms with Crippen molar-refractivity contribution in [1.82, 2.24) is 4.98 Å². The summed E-state index contributed by atoms with van der Waals surface area (Å²) in [5.41, 5.74) is 3.98. The van der Waals surface area contributed by atoms with Crippen LogP contribution in [0.4, 0.5) is 10.8 Å². The van der Waals surface area contributed by atoms with Crippen LogP contribution in [0.5, 0.6) is 5.75 Å². The maximum absolute atomic E-state index is 13.5. The van der Waals surface area contributed by atoms with Gasteiger partial charge in [0.1, 0.15) is 11.5 Å². The zero-order chi connectivity index (χ0) is 27.0. The van der Waals surface area contributed by atoms with Gasteiger partial charge in [-0.1, -0.05) is 36.5 Å². The van der Waals surface area contributed by atoms with Gasteiger partial charge in [0, 0.05) is 25.3 Å². The van der Waals surface area contributed by atoms with Crippen LogP contribution in [-0.4, -0.2) is 42.5 Å². The van der Waals surface area contributed by atoms with E-state index < -0.39 is 17.7 Å². The summed E-state index contributed by atoms with van der Waals surface area (Å²) in [4.78, 5) is 35.0. The molecule has 194 valence electrons. The number of aromatic nitrogens is 1. The van der Waals surface area contributed by atoms with Gasteiger partial charge < -0.3 is 14.7 Å². The van der Waals surface area contributed by atoms with Crippen molar-refractivity contribution in [1.29, 1.82) is 0 Å². The second-order valence-corrected chi connectivity index (χ2v) is 10.5. The Morgan fingerprint density at radius 3 is 2.42 bits per heavy atom. The van der Waals surface area contributed by atoms with E-state index in [2.05, 4.69) is 0 Å². The molecule has 0 spiro atoms. The van der Waals surface area contributed by atoms with Crippen LogP contribution in [0, 0.1) is 6.92 Å². The molecule has 1 aliphatic heterocycles. The molecule has 2 heterocycles. The summed E-state index contributed by atoms with van der Waals surface area (Å²) >= 11 is 1.35. The molecule has 1 N–H and O–H groups in total. The van der Waals surface area contributed by atoms with Gasteiger partial charge in [0.05, 0.1) is 28.4 Å². The highest BCUT2D eigenvalue weighted by atomic mass is 32.1. The highest BCUT2D eigenvalue weighted by Crippen LogP contribution is 2.44. The number of carbonyl (C=O) groups is 2. The molecule has 1 unspecified atom stereocenters. The van der Waals surface area contributed by atoms with E-state index in [0.29, 0.717) is 28.6 Å². The van der Waals surface area contributed by atoms with Gasteiger partial charge in [-0.05, 0) is 73.0 Å². The lowest BCUT2D eigenvalue weighted by Gasteiger charge is -2.23. The first-order valence-corrected chi connectivity index (χ1v) is 13.3. The second kappa shape index (κ2) is 10.3. The number of thiazole rings is 1. The Morgan fingerprint density at radius 1 is 1.05 bits per heavy atom. The monoisotopic (exact) mass is 527 g/mol. The topological polar surface area (TPSA) is 83.0 Å². The Hall–Kier alpha value is -4.17. The first kappa shape index (κ1) is 25.5. The van der Waals surface area contributed by atoms with Gasteiger partial charge in [-0.2, -0.15) is 0 Å². The lowest BCUT2D eigenvalue weighted by Crippen LogP contribution is -2.29. The maximum Gasteiger partial charge on any atom is 0.301 e. The Morgan fingerprint density at radius 2 is 1.76 bits per heavy atom. The molecule has 8 heteroatoms. The molecule has 1 fully saturated rings. The van der Waals surface area contributed by atoms with E-state index in [1.54, 1.807) is 24.3 Å². The van der Waals surface area contributed by atoms with Crippen LogP contribution >= 0.6 is 11.3 Å². The fourth-order valence-electron chi connectivity index (χ4n) is 4.51. The van der Waals surface area contributed by atoms with E-state index in [-0.39, 0.29) is 11.3 Å².